The highest BCUT2D eigenvalue weighted by Crippen LogP contribution is 2.42. The normalized spacial score (nSPS) is 15.9. The zero-order chi connectivity index (χ0) is 25.5. The number of carbonyl (C=O) groups is 2. The standard InChI is InChI=1S/C26H31N3O7/c1-2-34-24(30)16-28(15-18-9-5-3-6-10-18)25(26(31)27-19-11-7-4-8-12-19)20-13-22-23(36-17-35-22)14-21(20)29(32)33/h3,5-6,9-10,13-14,19,25H,2,4,7-8,11-12,15-17H2,1H3,(H,27,31)/t25-/m0/s1. The fourth-order valence-corrected chi connectivity index (χ4v) is 4.78. The summed E-state index contributed by atoms with van der Waals surface area (Å²) >= 11 is 0. The van der Waals surface area contributed by atoms with E-state index in [-0.39, 0.29) is 49.5 Å². The summed E-state index contributed by atoms with van der Waals surface area (Å²) in [5, 5.41) is 15.2. The van der Waals surface area contributed by atoms with Crippen LogP contribution in [0.25, 0.3) is 0 Å². The largest absolute Gasteiger partial charge is 0.465 e. The lowest BCUT2D eigenvalue weighted by molar-refractivity contribution is -0.386. The highest BCUT2D eigenvalue weighted by Gasteiger charge is 2.38. The summed E-state index contributed by atoms with van der Waals surface area (Å²) in [6, 6.07) is 10.9. The van der Waals surface area contributed by atoms with Gasteiger partial charge in [-0.3, -0.25) is 24.6 Å². The molecular formula is C26H31N3O7. The molecule has 0 radical (unpaired) electrons. The Morgan fingerprint density at radius 2 is 1.83 bits per heavy atom. The molecule has 0 spiro atoms. The molecule has 192 valence electrons. The monoisotopic (exact) mass is 497 g/mol. The Hall–Kier alpha value is -3.66. The van der Waals surface area contributed by atoms with Crippen LogP contribution in [0.5, 0.6) is 11.5 Å². The van der Waals surface area contributed by atoms with Gasteiger partial charge in [-0.15, -0.1) is 0 Å². The molecule has 1 N–H and O–H groups in total. The van der Waals surface area contributed by atoms with E-state index in [9.17, 15) is 19.7 Å². The van der Waals surface area contributed by atoms with Crippen molar-refractivity contribution in [2.45, 2.75) is 57.7 Å². The quantitative estimate of drug-likeness (QED) is 0.298. The van der Waals surface area contributed by atoms with E-state index in [2.05, 4.69) is 5.32 Å². The van der Waals surface area contributed by atoms with Crippen LogP contribution in [0.4, 0.5) is 5.69 Å². The van der Waals surface area contributed by atoms with Crippen LogP contribution < -0.4 is 14.8 Å². The topological polar surface area (TPSA) is 120 Å². The van der Waals surface area contributed by atoms with Gasteiger partial charge in [-0.1, -0.05) is 49.6 Å². The molecule has 2 aromatic rings. The minimum absolute atomic E-state index is 0.0250. The van der Waals surface area contributed by atoms with Crippen LogP contribution in [-0.4, -0.2) is 47.7 Å². The van der Waals surface area contributed by atoms with Gasteiger partial charge in [-0.2, -0.15) is 0 Å². The summed E-state index contributed by atoms with van der Waals surface area (Å²) in [6.45, 7) is 1.80. The average Bonchev–Trinajstić information content (AvgIpc) is 3.32. The molecule has 2 aliphatic rings. The minimum atomic E-state index is -1.13. The summed E-state index contributed by atoms with van der Waals surface area (Å²) in [5.74, 6) is -0.352. The number of nitrogens with zero attached hydrogens (tertiary/aromatic N) is 2. The van der Waals surface area contributed by atoms with Crippen molar-refractivity contribution >= 4 is 17.6 Å². The molecule has 1 heterocycles. The molecule has 0 unspecified atom stereocenters. The van der Waals surface area contributed by atoms with Gasteiger partial charge in [-0.05, 0) is 31.4 Å². The number of ether oxygens (including phenoxy) is 3. The van der Waals surface area contributed by atoms with Crippen molar-refractivity contribution in [2.24, 2.45) is 0 Å². The molecule has 1 fully saturated rings. The summed E-state index contributed by atoms with van der Waals surface area (Å²) in [5.41, 5.74) is 0.711. The zero-order valence-electron chi connectivity index (χ0n) is 20.3. The van der Waals surface area contributed by atoms with Crippen LogP contribution in [0.3, 0.4) is 0 Å². The first-order chi connectivity index (χ1) is 17.5. The lowest BCUT2D eigenvalue weighted by atomic mass is 9.94. The van der Waals surface area contributed by atoms with Crippen molar-refractivity contribution in [2.75, 3.05) is 19.9 Å². The van der Waals surface area contributed by atoms with E-state index in [1.165, 1.54) is 12.1 Å². The number of fused-ring (bicyclic) bond motifs is 1. The Labute approximate surface area is 209 Å². The van der Waals surface area contributed by atoms with Crippen molar-refractivity contribution in [1.82, 2.24) is 10.2 Å². The minimum Gasteiger partial charge on any atom is -0.465 e. The van der Waals surface area contributed by atoms with Gasteiger partial charge in [-0.25, -0.2) is 0 Å². The predicted octanol–water partition coefficient (Wildman–Crippen LogP) is 3.88. The van der Waals surface area contributed by atoms with Crippen LogP contribution in [0, 0.1) is 10.1 Å². The third-order valence-electron chi connectivity index (χ3n) is 6.44. The Morgan fingerprint density at radius 1 is 1.14 bits per heavy atom. The second-order valence-corrected chi connectivity index (χ2v) is 8.96. The van der Waals surface area contributed by atoms with Crippen LogP contribution in [0.2, 0.25) is 0 Å². The van der Waals surface area contributed by atoms with Crippen LogP contribution in [0.1, 0.15) is 56.2 Å². The Bertz CT molecular complexity index is 1090. The van der Waals surface area contributed by atoms with E-state index in [0.29, 0.717) is 5.75 Å². The smallest absolute Gasteiger partial charge is 0.320 e. The number of hydrogen-bond acceptors (Lipinski definition) is 8. The van der Waals surface area contributed by atoms with Gasteiger partial charge < -0.3 is 19.5 Å². The summed E-state index contributed by atoms with van der Waals surface area (Å²) in [6.07, 6.45) is 4.83. The van der Waals surface area contributed by atoms with Crippen molar-refractivity contribution in [1.29, 1.82) is 0 Å². The highest BCUT2D eigenvalue weighted by molar-refractivity contribution is 5.86. The van der Waals surface area contributed by atoms with Crippen molar-refractivity contribution in [3.05, 3.63) is 63.7 Å². The van der Waals surface area contributed by atoms with Crippen molar-refractivity contribution in [3.8, 4) is 11.5 Å². The van der Waals surface area contributed by atoms with E-state index in [1.54, 1.807) is 11.8 Å². The van der Waals surface area contributed by atoms with E-state index < -0.39 is 22.8 Å². The highest BCUT2D eigenvalue weighted by atomic mass is 16.7. The number of benzene rings is 2. The number of esters is 1. The first-order valence-electron chi connectivity index (χ1n) is 12.3. The number of hydrogen-bond donors (Lipinski definition) is 1. The van der Waals surface area contributed by atoms with Gasteiger partial charge in [0.15, 0.2) is 11.5 Å². The van der Waals surface area contributed by atoms with Gasteiger partial charge in [0, 0.05) is 12.6 Å². The van der Waals surface area contributed by atoms with Gasteiger partial charge in [0.25, 0.3) is 5.69 Å². The van der Waals surface area contributed by atoms with E-state index in [1.807, 2.05) is 30.3 Å². The molecule has 0 bridgehead atoms. The molecular weight excluding hydrogens is 466 g/mol. The number of amides is 1. The van der Waals surface area contributed by atoms with Gasteiger partial charge in [0.05, 0.1) is 29.7 Å². The lowest BCUT2D eigenvalue weighted by Crippen LogP contribution is -2.46. The molecule has 4 rings (SSSR count). The van der Waals surface area contributed by atoms with Crippen LogP contribution in [-0.2, 0) is 20.9 Å². The molecule has 1 aliphatic carbocycles. The summed E-state index contributed by atoms with van der Waals surface area (Å²) in [7, 11) is 0. The second-order valence-electron chi connectivity index (χ2n) is 8.96. The van der Waals surface area contributed by atoms with Gasteiger partial charge in [0.2, 0.25) is 12.7 Å². The van der Waals surface area contributed by atoms with Gasteiger partial charge in [0.1, 0.15) is 6.04 Å². The zero-order valence-corrected chi connectivity index (χ0v) is 20.3. The Morgan fingerprint density at radius 3 is 2.50 bits per heavy atom. The van der Waals surface area contributed by atoms with Crippen LogP contribution in [0.15, 0.2) is 42.5 Å². The van der Waals surface area contributed by atoms with E-state index in [0.717, 1.165) is 37.7 Å². The molecule has 2 aromatic carbocycles. The maximum Gasteiger partial charge on any atom is 0.320 e. The Kier molecular flexibility index (Phi) is 8.37. The van der Waals surface area contributed by atoms with E-state index >= 15 is 0 Å². The summed E-state index contributed by atoms with van der Waals surface area (Å²) in [4.78, 5) is 39.7. The molecule has 1 aliphatic heterocycles. The third-order valence-corrected chi connectivity index (χ3v) is 6.44. The maximum atomic E-state index is 13.9. The molecule has 10 heteroatoms. The first kappa shape index (κ1) is 25.4. The second kappa shape index (κ2) is 11.9. The molecule has 1 saturated carbocycles. The SMILES string of the molecule is CCOC(=O)CN(Cc1ccccc1)[C@H](C(=O)NC1CCCCC1)c1cc2c(cc1[N+](=O)[O-])OCO2. The fraction of sp³-hybridized carbons (Fsp3) is 0.462. The number of nitrogens with one attached hydrogen (secondary N) is 1. The average molecular weight is 498 g/mol. The summed E-state index contributed by atoms with van der Waals surface area (Å²) < 4.78 is 16.0. The van der Waals surface area contributed by atoms with E-state index in [4.69, 9.17) is 14.2 Å². The number of nitro benzene ring substituents is 1. The van der Waals surface area contributed by atoms with Gasteiger partial charge >= 0.3 is 5.97 Å². The lowest BCUT2D eigenvalue weighted by Gasteiger charge is -2.32. The Balaban J connectivity index is 1.77. The maximum absolute atomic E-state index is 13.9. The molecule has 1 atom stereocenters. The van der Waals surface area contributed by atoms with Crippen molar-refractivity contribution in [3.63, 3.8) is 0 Å². The molecule has 36 heavy (non-hydrogen) atoms. The first-order valence-corrected chi connectivity index (χ1v) is 12.3. The number of rotatable bonds is 10. The van der Waals surface area contributed by atoms with Crippen molar-refractivity contribution < 1.29 is 28.7 Å². The molecule has 0 aromatic heterocycles. The fourth-order valence-electron chi connectivity index (χ4n) is 4.78. The molecule has 10 nitrogen and oxygen atoms in total. The number of nitro groups is 1. The van der Waals surface area contributed by atoms with Crippen LogP contribution >= 0.6 is 0 Å². The number of carbonyl (C=O) groups excluding carboxylic acids is 2. The predicted molar refractivity (Wildman–Crippen MR) is 130 cm³/mol. The molecule has 1 amide bonds. The third kappa shape index (κ3) is 6.12. The molecule has 0 saturated heterocycles.